The zero-order valence-corrected chi connectivity index (χ0v) is 23.6. The molecule has 7 atom stereocenters. The van der Waals surface area contributed by atoms with Gasteiger partial charge < -0.3 is 14.9 Å². The molecular weight excluding hydrogens is 478 g/mol. The van der Waals surface area contributed by atoms with Gasteiger partial charge >= 0.3 is 5.97 Å². The van der Waals surface area contributed by atoms with Gasteiger partial charge in [-0.2, -0.15) is 0 Å². The Hall–Kier alpha value is -1.77. The zero-order valence-electron chi connectivity index (χ0n) is 22.8. The van der Waals surface area contributed by atoms with Gasteiger partial charge in [-0.05, 0) is 55.4 Å². The minimum absolute atomic E-state index is 0.0345. The van der Waals surface area contributed by atoms with Gasteiger partial charge in [0.2, 0.25) is 0 Å². The number of esters is 1. The van der Waals surface area contributed by atoms with Crippen LogP contribution in [0.15, 0.2) is 11.0 Å². The number of rotatable bonds is 2. The Labute approximate surface area is 219 Å². The first-order valence-electron chi connectivity index (χ1n) is 13.1. The molecule has 36 heavy (non-hydrogen) atoms. The Kier molecular flexibility index (Phi) is 8.73. The van der Waals surface area contributed by atoms with Crippen LogP contribution in [0.5, 0.6) is 0 Å². The zero-order chi connectivity index (χ0) is 27.0. The number of ketones is 1. The van der Waals surface area contributed by atoms with Crippen LogP contribution in [-0.2, 0) is 14.3 Å². The first-order chi connectivity index (χ1) is 16.7. The van der Waals surface area contributed by atoms with Gasteiger partial charge in [0.25, 0.3) is 10.7 Å². The van der Waals surface area contributed by atoms with Crippen molar-refractivity contribution >= 4 is 29.2 Å². The highest BCUT2D eigenvalue weighted by Gasteiger charge is 2.50. The van der Waals surface area contributed by atoms with Crippen LogP contribution in [0.1, 0.15) is 90.8 Å². The molecule has 7 nitrogen and oxygen atoms in total. The number of aliphatic hydroxyl groups is 2. The van der Waals surface area contributed by atoms with E-state index < -0.39 is 35.6 Å². The van der Waals surface area contributed by atoms with Crippen molar-refractivity contribution in [2.45, 2.75) is 105 Å². The maximum absolute atomic E-state index is 13.2. The summed E-state index contributed by atoms with van der Waals surface area (Å²) in [6.45, 7) is 12.9. The number of ether oxygens (including phenoxy) is 1. The molecular formula is C28H44NO6S+. The third kappa shape index (κ3) is 6.20. The van der Waals surface area contributed by atoms with Gasteiger partial charge in [-0.25, -0.2) is 0 Å². The fourth-order valence-corrected chi connectivity index (χ4v) is 6.29. The Bertz CT molecular complexity index is 1000. The lowest BCUT2D eigenvalue weighted by molar-refractivity contribution is -0.906. The average Bonchev–Trinajstić information content (AvgIpc) is 3.34. The molecule has 1 saturated carbocycles. The normalized spacial score (nSPS) is 36.8. The van der Waals surface area contributed by atoms with E-state index in [1.807, 2.05) is 32.2 Å². The maximum Gasteiger partial charge on any atom is 0.309 e. The largest absolute Gasteiger partial charge is 0.458 e. The van der Waals surface area contributed by atoms with E-state index in [1.54, 1.807) is 20.8 Å². The predicted octanol–water partition coefficient (Wildman–Crippen LogP) is 4.48. The molecule has 2 heterocycles. The van der Waals surface area contributed by atoms with E-state index in [9.17, 15) is 25.0 Å². The Morgan fingerprint density at radius 2 is 1.89 bits per heavy atom. The smallest absolute Gasteiger partial charge is 0.309 e. The van der Waals surface area contributed by atoms with Gasteiger partial charge in [0.15, 0.2) is 0 Å². The van der Waals surface area contributed by atoms with E-state index in [0.29, 0.717) is 18.0 Å². The third-order valence-electron chi connectivity index (χ3n) is 8.83. The molecule has 1 saturated heterocycles. The fraction of sp³-hybridized carbons (Fsp3) is 0.750. The topological polar surface area (TPSA) is 108 Å². The summed E-state index contributed by atoms with van der Waals surface area (Å²) in [5.41, 5.74) is 0.410. The fourth-order valence-electron chi connectivity index (χ4n) is 5.63. The second-order valence-corrected chi connectivity index (χ2v) is 13.2. The van der Waals surface area contributed by atoms with E-state index in [2.05, 4.69) is 6.92 Å². The van der Waals surface area contributed by atoms with Crippen molar-refractivity contribution in [1.82, 2.24) is 0 Å². The molecule has 8 heteroatoms. The standard InChI is InChI=1S/C28H44NO6S/c1-16-9-8-10-28(7)14-20(28)12-22(17(2)11-21-15-36-19(4)29(21)34)35-24(31)13-23(30)27(5,6)26(33)18(3)25(16)32/h11,15-16,18,20,22-23,25,30,32,34H,8-10,12-14H2,1-7H3/q+1. The number of nitrogens with zero attached hydrogens (tertiary/aromatic N) is 1. The number of hydrogen-bond donors (Lipinski definition) is 3. The quantitative estimate of drug-likeness (QED) is 0.300. The number of fused-ring (bicyclic) bond motifs is 1. The highest BCUT2D eigenvalue weighted by Crippen LogP contribution is 2.58. The van der Waals surface area contributed by atoms with Crippen LogP contribution in [-0.4, -0.2) is 45.5 Å². The molecule has 2 fully saturated rings. The van der Waals surface area contributed by atoms with Gasteiger partial charge in [-0.15, -0.1) is 0 Å². The second-order valence-electron chi connectivity index (χ2n) is 12.1. The number of hydrogen-bond acceptors (Lipinski definition) is 7. The summed E-state index contributed by atoms with van der Waals surface area (Å²) >= 11 is 1.43. The van der Waals surface area contributed by atoms with Crippen LogP contribution >= 0.6 is 11.3 Å². The van der Waals surface area contributed by atoms with Crippen molar-refractivity contribution in [1.29, 1.82) is 0 Å². The van der Waals surface area contributed by atoms with Crippen molar-refractivity contribution in [3.8, 4) is 0 Å². The van der Waals surface area contributed by atoms with E-state index >= 15 is 0 Å². The number of thiazole rings is 1. The highest BCUT2D eigenvalue weighted by molar-refractivity contribution is 7.09. The molecule has 3 N–H and O–H groups in total. The molecule has 1 aliphatic heterocycles. The number of aryl methyl sites for hydroxylation is 1. The second kappa shape index (κ2) is 10.9. The molecule has 0 aromatic carbocycles. The summed E-state index contributed by atoms with van der Waals surface area (Å²) in [6.07, 6.45) is 3.55. The first-order valence-corrected chi connectivity index (χ1v) is 14.0. The van der Waals surface area contributed by atoms with Crippen molar-refractivity contribution in [3.63, 3.8) is 0 Å². The van der Waals surface area contributed by atoms with Crippen molar-refractivity contribution in [3.05, 3.63) is 21.7 Å². The number of Topliss-reactive ketones (excluding diaryl/α,β-unsaturated/α-hetero) is 1. The summed E-state index contributed by atoms with van der Waals surface area (Å²) < 4.78 is 7.05. The molecule has 3 rings (SSSR count). The third-order valence-corrected chi connectivity index (χ3v) is 9.70. The van der Waals surface area contributed by atoms with Crippen LogP contribution in [0, 0.1) is 35.5 Å². The van der Waals surface area contributed by atoms with Crippen LogP contribution < -0.4 is 4.73 Å². The van der Waals surface area contributed by atoms with Crippen LogP contribution in [0.4, 0.5) is 0 Å². The molecule has 0 amide bonds. The van der Waals surface area contributed by atoms with E-state index in [1.165, 1.54) is 11.3 Å². The van der Waals surface area contributed by atoms with Gasteiger partial charge in [0.1, 0.15) is 11.9 Å². The summed E-state index contributed by atoms with van der Waals surface area (Å²) in [7, 11) is 0. The van der Waals surface area contributed by atoms with Gasteiger partial charge in [0.05, 0.1) is 29.4 Å². The van der Waals surface area contributed by atoms with E-state index in [0.717, 1.165) is 41.0 Å². The van der Waals surface area contributed by atoms with Gasteiger partial charge in [-0.3, -0.25) is 14.8 Å². The maximum atomic E-state index is 13.2. The number of carbonyl (C=O) groups excluding carboxylic acids is 2. The van der Waals surface area contributed by atoms with Crippen molar-refractivity contribution in [2.24, 2.45) is 28.6 Å². The lowest BCUT2D eigenvalue weighted by Crippen LogP contribution is -2.45. The molecule has 0 spiro atoms. The lowest BCUT2D eigenvalue weighted by Gasteiger charge is -2.34. The summed E-state index contributed by atoms with van der Waals surface area (Å²) in [4.78, 5) is 26.2. The summed E-state index contributed by atoms with van der Waals surface area (Å²) in [5.74, 6) is -1.09. The minimum Gasteiger partial charge on any atom is -0.458 e. The summed E-state index contributed by atoms with van der Waals surface area (Å²) in [5, 5.41) is 34.6. The monoisotopic (exact) mass is 522 g/mol. The molecule has 0 bridgehead atoms. The van der Waals surface area contributed by atoms with Crippen molar-refractivity contribution in [2.75, 3.05) is 0 Å². The molecule has 0 radical (unpaired) electrons. The van der Waals surface area contributed by atoms with E-state index in [-0.39, 0.29) is 23.5 Å². The van der Waals surface area contributed by atoms with E-state index in [4.69, 9.17) is 4.74 Å². The molecule has 1 aromatic rings. The predicted molar refractivity (Wildman–Crippen MR) is 138 cm³/mol. The number of carbonyl (C=O) groups is 2. The average molecular weight is 523 g/mol. The molecule has 202 valence electrons. The Morgan fingerprint density at radius 3 is 2.50 bits per heavy atom. The van der Waals surface area contributed by atoms with Crippen LogP contribution in [0.2, 0.25) is 0 Å². The Morgan fingerprint density at radius 1 is 1.22 bits per heavy atom. The molecule has 1 aliphatic carbocycles. The number of aliphatic hydroxyl groups excluding tert-OH is 2. The first kappa shape index (κ1) is 28.8. The molecule has 7 unspecified atom stereocenters. The highest BCUT2D eigenvalue weighted by atomic mass is 32.1. The van der Waals surface area contributed by atoms with Crippen LogP contribution in [0.3, 0.4) is 0 Å². The SMILES string of the molecule is CC(=Cc1csc(C)[n+]1O)C1CC2CC2(C)CCCC(C)C(O)C(C)C(=O)C(C)(C)C(O)CC(=O)O1. The van der Waals surface area contributed by atoms with Crippen molar-refractivity contribution < 1.29 is 34.5 Å². The molecule has 1 aromatic heterocycles. The summed E-state index contributed by atoms with van der Waals surface area (Å²) in [6, 6.07) is 0. The Balaban J connectivity index is 1.88. The van der Waals surface area contributed by atoms with Gasteiger partial charge in [0, 0.05) is 23.6 Å². The molecule has 2 aliphatic rings. The lowest BCUT2D eigenvalue weighted by atomic mass is 9.73. The van der Waals surface area contributed by atoms with Gasteiger partial charge in [-0.1, -0.05) is 52.4 Å². The number of aromatic nitrogens is 1. The minimum atomic E-state index is -1.23. The number of cyclic esters (lactones) is 1. The van der Waals surface area contributed by atoms with Crippen LogP contribution in [0.25, 0.3) is 6.08 Å².